The Morgan fingerprint density at radius 3 is 2.09 bits per heavy atom. The fourth-order valence-electron chi connectivity index (χ4n) is 4.65. The highest BCUT2D eigenvalue weighted by Gasteiger charge is 2.31. The number of hydrogen-bond acceptors (Lipinski definition) is 5. The first-order valence-corrected chi connectivity index (χ1v) is 11.5. The van der Waals surface area contributed by atoms with Gasteiger partial charge in [-0.3, -0.25) is 4.90 Å². The lowest BCUT2D eigenvalue weighted by Crippen LogP contribution is -2.43. The number of likely N-dealkylation sites (N-methyl/N-ethyl adjacent to an activating group) is 1. The Labute approximate surface area is 204 Å². The molecule has 1 unspecified atom stereocenters. The average Bonchev–Trinajstić information content (AvgIpc) is 3.20. The Morgan fingerprint density at radius 2 is 1.51 bits per heavy atom. The van der Waals surface area contributed by atoms with E-state index >= 15 is 0 Å². The number of amides is 1. The van der Waals surface area contributed by atoms with E-state index in [9.17, 15) is 14.7 Å². The number of carbonyl (C=O) groups excluding carboxylic acids is 1. The second-order valence-electron chi connectivity index (χ2n) is 8.50. The molecule has 0 saturated carbocycles. The number of aliphatic carboxylic acids is 1. The fraction of sp³-hybridized carbons (Fsp3) is 0.286. The summed E-state index contributed by atoms with van der Waals surface area (Å²) < 4.78 is 16.2. The number of carbonyl (C=O) groups is 2. The maximum atomic E-state index is 12.9. The molecule has 0 aliphatic heterocycles. The van der Waals surface area contributed by atoms with Crippen molar-refractivity contribution in [3.63, 3.8) is 0 Å². The number of aryl methyl sites for hydroxylation is 1. The predicted octanol–water partition coefficient (Wildman–Crippen LogP) is 4.97. The number of hydrogen-bond donors (Lipinski definition) is 1. The summed E-state index contributed by atoms with van der Waals surface area (Å²) in [6.07, 6.45) is 0.00988. The molecule has 1 amide bonds. The van der Waals surface area contributed by atoms with Crippen LogP contribution in [0.1, 0.15) is 29.0 Å². The van der Waals surface area contributed by atoms with E-state index in [1.807, 2.05) is 48.5 Å². The van der Waals surface area contributed by atoms with Crippen LogP contribution in [0.25, 0.3) is 11.1 Å². The quantitative estimate of drug-likeness (QED) is 0.470. The Morgan fingerprint density at radius 1 is 0.914 bits per heavy atom. The zero-order valence-corrected chi connectivity index (χ0v) is 20.1. The van der Waals surface area contributed by atoms with Crippen LogP contribution in [0.2, 0.25) is 0 Å². The average molecular weight is 476 g/mol. The van der Waals surface area contributed by atoms with E-state index < -0.39 is 18.1 Å². The minimum absolute atomic E-state index is 0.0882. The van der Waals surface area contributed by atoms with E-state index in [0.717, 1.165) is 32.7 Å². The van der Waals surface area contributed by atoms with E-state index in [4.69, 9.17) is 14.2 Å². The molecule has 4 rings (SSSR count). The Balaban J connectivity index is 1.42. The second kappa shape index (κ2) is 10.5. The van der Waals surface area contributed by atoms with Crippen molar-refractivity contribution in [2.45, 2.75) is 24.8 Å². The predicted molar refractivity (Wildman–Crippen MR) is 132 cm³/mol. The first-order chi connectivity index (χ1) is 16.9. The van der Waals surface area contributed by atoms with Gasteiger partial charge in [0.25, 0.3) is 0 Å². The van der Waals surface area contributed by atoms with Crippen LogP contribution in [0.4, 0.5) is 4.79 Å². The first-order valence-electron chi connectivity index (χ1n) is 11.5. The lowest BCUT2D eigenvalue weighted by Gasteiger charge is -2.25. The molecule has 1 atom stereocenters. The molecule has 0 bridgehead atoms. The first kappa shape index (κ1) is 24.1. The van der Waals surface area contributed by atoms with Gasteiger partial charge < -0.3 is 19.3 Å². The van der Waals surface area contributed by atoms with Crippen molar-refractivity contribution in [1.29, 1.82) is 0 Å². The van der Waals surface area contributed by atoms with E-state index in [1.54, 1.807) is 20.3 Å². The van der Waals surface area contributed by atoms with Gasteiger partial charge in [0.2, 0.25) is 0 Å². The van der Waals surface area contributed by atoms with Gasteiger partial charge in [-0.25, -0.2) is 9.59 Å². The molecule has 0 heterocycles. The van der Waals surface area contributed by atoms with Crippen LogP contribution in [0.15, 0.2) is 66.7 Å². The lowest BCUT2D eigenvalue weighted by atomic mass is 9.98. The monoisotopic (exact) mass is 475 g/mol. The van der Waals surface area contributed by atoms with Gasteiger partial charge in [-0.05, 0) is 52.8 Å². The molecule has 35 heavy (non-hydrogen) atoms. The van der Waals surface area contributed by atoms with Crippen LogP contribution >= 0.6 is 0 Å². The highest BCUT2D eigenvalue weighted by atomic mass is 16.6. The zero-order chi connectivity index (χ0) is 24.9. The molecule has 1 aliphatic carbocycles. The summed E-state index contributed by atoms with van der Waals surface area (Å²) in [5, 5.41) is 9.80. The molecule has 3 aromatic rings. The Hall–Kier alpha value is -4.00. The van der Waals surface area contributed by atoms with Crippen LogP contribution in [-0.2, 0) is 16.0 Å². The van der Waals surface area contributed by atoms with Gasteiger partial charge in [0.05, 0.1) is 14.2 Å². The molecule has 0 radical (unpaired) electrons. The summed E-state index contributed by atoms with van der Waals surface area (Å²) in [7, 11) is 4.57. The number of ether oxygens (including phenoxy) is 3. The minimum atomic E-state index is -1.08. The number of benzene rings is 3. The number of nitrogens with zero attached hydrogens (tertiary/aromatic N) is 1. The van der Waals surface area contributed by atoms with Gasteiger partial charge in [-0.15, -0.1) is 0 Å². The summed E-state index contributed by atoms with van der Waals surface area (Å²) in [4.78, 5) is 26.0. The number of carboxylic acid groups (broad SMARTS) is 1. The smallest absolute Gasteiger partial charge is 0.410 e. The second-order valence-corrected chi connectivity index (χ2v) is 8.50. The standard InChI is InChI=1S/C28H29NO6/c1-29(24(27(30)31)14-12-18-13-15-25(33-2)26(16-18)34-3)28(32)35-17-23-21-10-6-4-8-19(21)20-9-5-7-11-22(20)23/h4-11,13,15-16,23-24H,12,14,17H2,1-3H3,(H,30,31). The normalized spacial score (nSPS) is 12.9. The highest BCUT2D eigenvalue weighted by Crippen LogP contribution is 2.44. The van der Waals surface area contributed by atoms with Crippen molar-refractivity contribution in [3.05, 3.63) is 83.4 Å². The Kier molecular flexibility index (Phi) is 7.25. The number of fused-ring (bicyclic) bond motifs is 3. The van der Waals surface area contributed by atoms with Crippen LogP contribution in [0, 0.1) is 0 Å². The molecular formula is C28H29NO6. The maximum Gasteiger partial charge on any atom is 0.410 e. The van der Waals surface area contributed by atoms with Crippen molar-refractivity contribution < 1.29 is 28.9 Å². The van der Waals surface area contributed by atoms with Crippen LogP contribution in [0.5, 0.6) is 11.5 Å². The molecular weight excluding hydrogens is 446 g/mol. The summed E-state index contributed by atoms with van der Waals surface area (Å²) in [5.41, 5.74) is 5.36. The molecule has 3 aromatic carbocycles. The number of rotatable bonds is 9. The molecule has 0 spiro atoms. The largest absolute Gasteiger partial charge is 0.493 e. The molecule has 7 heteroatoms. The van der Waals surface area contributed by atoms with E-state index in [1.165, 1.54) is 7.05 Å². The highest BCUT2D eigenvalue weighted by molar-refractivity contribution is 5.81. The fourth-order valence-corrected chi connectivity index (χ4v) is 4.65. The number of methoxy groups -OCH3 is 2. The van der Waals surface area contributed by atoms with Crippen molar-refractivity contribution in [1.82, 2.24) is 4.90 Å². The molecule has 0 aromatic heterocycles. The third kappa shape index (κ3) is 4.94. The van der Waals surface area contributed by atoms with E-state index in [2.05, 4.69) is 12.1 Å². The van der Waals surface area contributed by atoms with Gasteiger partial charge >= 0.3 is 12.1 Å². The lowest BCUT2D eigenvalue weighted by molar-refractivity contribution is -0.142. The topological polar surface area (TPSA) is 85.3 Å². The minimum Gasteiger partial charge on any atom is -0.493 e. The van der Waals surface area contributed by atoms with Gasteiger partial charge in [0.15, 0.2) is 11.5 Å². The summed E-state index contributed by atoms with van der Waals surface area (Å²) in [6, 6.07) is 20.6. The molecule has 1 N–H and O–H groups in total. The van der Waals surface area contributed by atoms with Gasteiger partial charge in [0.1, 0.15) is 12.6 Å². The van der Waals surface area contributed by atoms with Crippen molar-refractivity contribution in [3.8, 4) is 22.6 Å². The molecule has 182 valence electrons. The zero-order valence-electron chi connectivity index (χ0n) is 20.1. The van der Waals surface area contributed by atoms with Crippen LogP contribution in [-0.4, -0.2) is 56.0 Å². The van der Waals surface area contributed by atoms with Crippen molar-refractivity contribution in [2.75, 3.05) is 27.9 Å². The third-order valence-electron chi connectivity index (χ3n) is 6.53. The number of carboxylic acids is 1. The SMILES string of the molecule is COc1ccc(CCC(C(=O)O)N(C)C(=O)OCC2c3ccccc3-c3ccccc32)cc1OC. The molecule has 1 aliphatic rings. The summed E-state index contributed by atoms with van der Waals surface area (Å²) in [5.74, 6) is -0.000156. The maximum absolute atomic E-state index is 12.9. The molecule has 7 nitrogen and oxygen atoms in total. The van der Waals surface area contributed by atoms with Gasteiger partial charge in [-0.2, -0.15) is 0 Å². The van der Waals surface area contributed by atoms with Crippen molar-refractivity contribution >= 4 is 12.1 Å². The van der Waals surface area contributed by atoms with Crippen molar-refractivity contribution in [2.24, 2.45) is 0 Å². The molecule has 0 saturated heterocycles. The van der Waals surface area contributed by atoms with E-state index in [0.29, 0.717) is 17.9 Å². The van der Waals surface area contributed by atoms with Crippen LogP contribution in [0.3, 0.4) is 0 Å². The van der Waals surface area contributed by atoms with Gasteiger partial charge in [-0.1, -0.05) is 54.6 Å². The van der Waals surface area contributed by atoms with Gasteiger partial charge in [0, 0.05) is 13.0 Å². The third-order valence-corrected chi connectivity index (χ3v) is 6.53. The molecule has 0 fully saturated rings. The summed E-state index contributed by atoms with van der Waals surface area (Å²) in [6.45, 7) is 0.138. The van der Waals surface area contributed by atoms with E-state index in [-0.39, 0.29) is 18.9 Å². The summed E-state index contributed by atoms with van der Waals surface area (Å²) >= 11 is 0. The van der Waals surface area contributed by atoms with Crippen LogP contribution < -0.4 is 9.47 Å². The Bertz CT molecular complexity index is 1180.